The number of rotatable bonds is 5. The molecule has 94 valence electrons. The van der Waals surface area contributed by atoms with Gasteiger partial charge in [0, 0.05) is 16.1 Å². The lowest BCUT2D eigenvalue weighted by Gasteiger charge is -2.12. The number of hydrogen-bond donors (Lipinski definition) is 2. The smallest absolute Gasteiger partial charge is 0.227 e. The van der Waals surface area contributed by atoms with Crippen LogP contribution in [0.3, 0.4) is 0 Å². The molecule has 0 radical (unpaired) electrons. The average molecular weight is 299 g/mol. The molecule has 1 amide bonds. The highest BCUT2D eigenvalue weighted by Crippen LogP contribution is 2.20. The fourth-order valence-electron chi connectivity index (χ4n) is 1.63. The molecule has 1 rings (SSSR count). The largest absolute Gasteiger partial charge is 0.330 e. The van der Waals surface area contributed by atoms with Crippen LogP contribution in [0.15, 0.2) is 22.7 Å². The first-order chi connectivity index (χ1) is 8.02. The van der Waals surface area contributed by atoms with Crippen molar-refractivity contribution in [3.8, 4) is 0 Å². The molecule has 3 nitrogen and oxygen atoms in total. The van der Waals surface area contributed by atoms with Crippen LogP contribution >= 0.6 is 15.9 Å². The zero-order chi connectivity index (χ0) is 12.8. The lowest BCUT2D eigenvalue weighted by molar-refractivity contribution is -0.119. The zero-order valence-corrected chi connectivity index (χ0v) is 11.9. The van der Waals surface area contributed by atoms with Crippen molar-refractivity contribution in [2.75, 3.05) is 11.9 Å². The van der Waals surface area contributed by atoms with Crippen molar-refractivity contribution in [3.05, 3.63) is 28.2 Å². The summed E-state index contributed by atoms with van der Waals surface area (Å²) in [5.74, 6) is 0.0498. The summed E-state index contributed by atoms with van der Waals surface area (Å²) >= 11 is 3.41. The molecule has 0 aliphatic carbocycles. The number of aryl methyl sites for hydroxylation is 1. The molecular formula is C13H19BrN2O. The molecule has 3 N–H and O–H groups in total. The Labute approximate surface area is 111 Å². The minimum atomic E-state index is -0.00200. The molecule has 1 atom stereocenters. The lowest BCUT2D eigenvalue weighted by atomic mass is 10.0. The molecule has 0 saturated carbocycles. The van der Waals surface area contributed by atoms with Gasteiger partial charge in [-0.2, -0.15) is 0 Å². The van der Waals surface area contributed by atoms with E-state index in [1.165, 1.54) is 0 Å². The van der Waals surface area contributed by atoms with Crippen LogP contribution in [0.4, 0.5) is 5.69 Å². The molecule has 0 aliphatic heterocycles. The number of hydrogen-bond acceptors (Lipinski definition) is 2. The van der Waals surface area contributed by atoms with E-state index in [2.05, 4.69) is 21.2 Å². The Morgan fingerprint density at radius 2 is 2.18 bits per heavy atom. The van der Waals surface area contributed by atoms with Crippen LogP contribution in [0, 0.1) is 12.8 Å². The second-order valence-electron chi connectivity index (χ2n) is 4.34. The average Bonchev–Trinajstić information content (AvgIpc) is 2.24. The van der Waals surface area contributed by atoms with Crippen molar-refractivity contribution in [1.29, 1.82) is 0 Å². The van der Waals surface area contributed by atoms with Crippen LogP contribution < -0.4 is 11.1 Å². The third-order valence-corrected chi connectivity index (χ3v) is 3.06. The molecule has 1 unspecified atom stereocenters. The first-order valence-electron chi connectivity index (χ1n) is 5.81. The Morgan fingerprint density at radius 1 is 1.47 bits per heavy atom. The highest BCUT2D eigenvalue weighted by Gasteiger charge is 2.12. The van der Waals surface area contributed by atoms with Gasteiger partial charge < -0.3 is 11.1 Å². The van der Waals surface area contributed by atoms with Crippen LogP contribution in [0.2, 0.25) is 0 Å². The van der Waals surface area contributed by atoms with E-state index < -0.39 is 0 Å². The van der Waals surface area contributed by atoms with Crippen LogP contribution in [-0.2, 0) is 4.79 Å². The number of carbonyl (C=O) groups excluding carboxylic acids is 1. The number of amides is 1. The molecule has 0 heterocycles. The number of halogens is 1. The molecule has 0 bridgehead atoms. The first kappa shape index (κ1) is 14.2. The molecule has 0 fully saturated rings. The second-order valence-corrected chi connectivity index (χ2v) is 5.25. The van der Waals surface area contributed by atoms with E-state index in [9.17, 15) is 4.79 Å². The maximum Gasteiger partial charge on any atom is 0.227 e. The van der Waals surface area contributed by atoms with Gasteiger partial charge in [-0.3, -0.25) is 4.79 Å². The van der Waals surface area contributed by atoms with Gasteiger partial charge in [0.05, 0.1) is 0 Å². The normalized spacial score (nSPS) is 12.2. The summed E-state index contributed by atoms with van der Waals surface area (Å²) in [6.07, 6.45) is 1.71. The standard InChI is InChI=1S/C13H19BrN2O/c1-9-6-11(14)8-12(7-9)16-13(17)10(2)4-3-5-15/h6-8,10H,3-5,15H2,1-2H3,(H,16,17). The number of carbonyl (C=O) groups is 1. The molecular weight excluding hydrogens is 280 g/mol. The van der Waals surface area contributed by atoms with Gasteiger partial charge in [-0.15, -0.1) is 0 Å². The van der Waals surface area contributed by atoms with Gasteiger partial charge in [-0.1, -0.05) is 22.9 Å². The number of anilines is 1. The monoisotopic (exact) mass is 298 g/mol. The van der Waals surface area contributed by atoms with Crippen LogP contribution in [0.1, 0.15) is 25.3 Å². The van der Waals surface area contributed by atoms with Crippen molar-refractivity contribution < 1.29 is 4.79 Å². The predicted molar refractivity (Wildman–Crippen MR) is 75.0 cm³/mol. The zero-order valence-electron chi connectivity index (χ0n) is 10.3. The fraction of sp³-hybridized carbons (Fsp3) is 0.462. The van der Waals surface area contributed by atoms with E-state index in [0.29, 0.717) is 6.54 Å². The Bertz CT molecular complexity index is 373. The van der Waals surface area contributed by atoms with Crippen molar-refractivity contribution in [3.63, 3.8) is 0 Å². The quantitative estimate of drug-likeness (QED) is 0.878. The van der Waals surface area contributed by atoms with Gasteiger partial charge in [-0.25, -0.2) is 0 Å². The summed E-state index contributed by atoms with van der Waals surface area (Å²) in [7, 11) is 0. The molecule has 0 aromatic heterocycles. The van der Waals surface area contributed by atoms with E-state index in [1.807, 2.05) is 32.0 Å². The van der Waals surface area contributed by atoms with E-state index in [4.69, 9.17) is 5.73 Å². The molecule has 4 heteroatoms. The highest BCUT2D eigenvalue weighted by molar-refractivity contribution is 9.10. The Kier molecular flexibility index (Phi) is 5.65. The summed E-state index contributed by atoms with van der Waals surface area (Å²) in [6, 6.07) is 5.87. The summed E-state index contributed by atoms with van der Waals surface area (Å²) in [6.45, 7) is 4.56. The summed E-state index contributed by atoms with van der Waals surface area (Å²) in [4.78, 5) is 11.9. The second kappa shape index (κ2) is 6.77. The van der Waals surface area contributed by atoms with E-state index >= 15 is 0 Å². The Balaban J connectivity index is 2.61. The molecule has 17 heavy (non-hydrogen) atoms. The minimum Gasteiger partial charge on any atom is -0.330 e. The maximum atomic E-state index is 11.9. The number of nitrogens with two attached hydrogens (primary N) is 1. The van der Waals surface area contributed by atoms with Crippen molar-refractivity contribution >= 4 is 27.5 Å². The Hall–Kier alpha value is -0.870. The SMILES string of the molecule is Cc1cc(Br)cc(NC(=O)C(C)CCCN)c1. The first-order valence-corrected chi connectivity index (χ1v) is 6.60. The molecule has 0 saturated heterocycles. The van der Waals surface area contributed by atoms with Gasteiger partial charge >= 0.3 is 0 Å². The van der Waals surface area contributed by atoms with Gasteiger partial charge in [0.15, 0.2) is 0 Å². The Morgan fingerprint density at radius 3 is 2.76 bits per heavy atom. The summed E-state index contributed by atoms with van der Waals surface area (Å²) < 4.78 is 0.974. The van der Waals surface area contributed by atoms with E-state index in [1.54, 1.807) is 0 Å². The van der Waals surface area contributed by atoms with Crippen molar-refractivity contribution in [1.82, 2.24) is 0 Å². The summed E-state index contributed by atoms with van der Waals surface area (Å²) in [5.41, 5.74) is 7.38. The van der Waals surface area contributed by atoms with Crippen LogP contribution in [0.5, 0.6) is 0 Å². The third-order valence-electron chi connectivity index (χ3n) is 2.60. The van der Waals surface area contributed by atoms with E-state index in [0.717, 1.165) is 28.6 Å². The maximum absolute atomic E-state index is 11.9. The topological polar surface area (TPSA) is 55.1 Å². The number of benzene rings is 1. The van der Waals surface area contributed by atoms with Gasteiger partial charge in [0.1, 0.15) is 0 Å². The molecule has 1 aromatic rings. The van der Waals surface area contributed by atoms with Gasteiger partial charge in [0.2, 0.25) is 5.91 Å². The van der Waals surface area contributed by atoms with Gasteiger partial charge in [-0.05, 0) is 50.1 Å². The highest BCUT2D eigenvalue weighted by atomic mass is 79.9. The predicted octanol–water partition coefficient (Wildman–Crippen LogP) is 3.07. The van der Waals surface area contributed by atoms with Crippen LogP contribution in [0.25, 0.3) is 0 Å². The van der Waals surface area contributed by atoms with E-state index in [-0.39, 0.29) is 11.8 Å². The fourth-order valence-corrected chi connectivity index (χ4v) is 2.24. The van der Waals surface area contributed by atoms with Crippen LogP contribution in [-0.4, -0.2) is 12.5 Å². The molecule has 0 spiro atoms. The third kappa shape index (κ3) is 4.88. The lowest BCUT2D eigenvalue weighted by Crippen LogP contribution is -2.21. The van der Waals surface area contributed by atoms with Crippen molar-refractivity contribution in [2.45, 2.75) is 26.7 Å². The van der Waals surface area contributed by atoms with Crippen molar-refractivity contribution in [2.24, 2.45) is 11.7 Å². The van der Waals surface area contributed by atoms with Gasteiger partial charge in [0.25, 0.3) is 0 Å². The summed E-state index contributed by atoms with van der Waals surface area (Å²) in [5, 5.41) is 2.92. The minimum absolute atomic E-state index is 0.00200. The molecule has 1 aromatic carbocycles. The number of nitrogens with one attached hydrogen (secondary N) is 1. The molecule has 0 aliphatic rings.